The fourth-order valence-electron chi connectivity index (χ4n) is 1.54. The van der Waals surface area contributed by atoms with Crippen LogP contribution in [0.1, 0.15) is 27.2 Å². The molecular weight excluding hydrogens is 285 g/mol. The predicted molar refractivity (Wildman–Crippen MR) is 74.1 cm³/mol. The van der Waals surface area contributed by atoms with Crippen molar-refractivity contribution < 1.29 is 22.7 Å². The molecule has 1 rings (SSSR count). The van der Waals surface area contributed by atoms with Gasteiger partial charge < -0.3 is 15.4 Å². The molecule has 7 heteroatoms. The molecule has 0 radical (unpaired) electrons. The number of amides is 1. The van der Waals surface area contributed by atoms with E-state index in [-0.39, 0.29) is 17.7 Å². The lowest BCUT2D eigenvalue weighted by atomic mass is 10.2. The predicted octanol–water partition coefficient (Wildman–Crippen LogP) is 3.30. The van der Waals surface area contributed by atoms with Crippen molar-refractivity contribution in [2.75, 3.05) is 5.32 Å². The molecule has 2 N–H and O–H groups in total. The van der Waals surface area contributed by atoms with Gasteiger partial charge >= 0.3 is 6.36 Å². The van der Waals surface area contributed by atoms with E-state index in [0.29, 0.717) is 5.69 Å². The highest BCUT2D eigenvalue weighted by Crippen LogP contribution is 2.24. The molecule has 0 bridgehead atoms. The number of anilines is 1. The summed E-state index contributed by atoms with van der Waals surface area (Å²) in [5.74, 6) is -0.468. The minimum absolute atomic E-state index is 0.0734. The van der Waals surface area contributed by atoms with E-state index in [1.807, 2.05) is 13.8 Å². The third kappa shape index (κ3) is 6.37. The first-order valence-corrected chi connectivity index (χ1v) is 6.64. The van der Waals surface area contributed by atoms with Crippen molar-refractivity contribution in [2.24, 2.45) is 0 Å². The molecule has 1 aromatic rings. The van der Waals surface area contributed by atoms with E-state index >= 15 is 0 Å². The van der Waals surface area contributed by atoms with Crippen LogP contribution in [-0.2, 0) is 4.79 Å². The highest BCUT2D eigenvalue weighted by molar-refractivity contribution is 5.84. The van der Waals surface area contributed by atoms with Gasteiger partial charge in [-0.25, -0.2) is 0 Å². The highest BCUT2D eigenvalue weighted by atomic mass is 19.4. The Balaban J connectivity index is 2.57. The van der Waals surface area contributed by atoms with Crippen LogP contribution < -0.4 is 15.4 Å². The van der Waals surface area contributed by atoms with Gasteiger partial charge in [0.05, 0.1) is 0 Å². The zero-order valence-electron chi connectivity index (χ0n) is 12.1. The summed E-state index contributed by atoms with van der Waals surface area (Å²) < 4.78 is 39.8. The molecule has 1 aromatic carbocycles. The van der Waals surface area contributed by atoms with Gasteiger partial charge in [0.2, 0.25) is 5.91 Å². The van der Waals surface area contributed by atoms with Crippen LogP contribution >= 0.6 is 0 Å². The maximum Gasteiger partial charge on any atom is 0.573 e. The molecule has 4 nitrogen and oxygen atoms in total. The largest absolute Gasteiger partial charge is 0.573 e. The minimum Gasteiger partial charge on any atom is -0.406 e. The van der Waals surface area contributed by atoms with Crippen LogP contribution in [0.2, 0.25) is 0 Å². The number of carbonyl (C=O) groups excluding carboxylic acids is 1. The average Bonchev–Trinajstić information content (AvgIpc) is 2.39. The number of hydrogen-bond donors (Lipinski definition) is 2. The Labute approximate surface area is 121 Å². The third-order valence-electron chi connectivity index (χ3n) is 2.87. The van der Waals surface area contributed by atoms with Crippen molar-refractivity contribution in [3.05, 3.63) is 24.3 Å². The number of alkyl halides is 3. The number of rotatable bonds is 6. The molecule has 0 aliphatic heterocycles. The van der Waals surface area contributed by atoms with Crippen molar-refractivity contribution in [1.82, 2.24) is 5.32 Å². The molecule has 2 unspecified atom stereocenters. The molecule has 118 valence electrons. The van der Waals surface area contributed by atoms with Gasteiger partial charge in [-0.3, -0.25) is 4.79 Å². The van der Waals surface area contributed by atoms with Crippen molar-refractivity contribution in [2.45, 2.75) is 45.6 Å². The zero-order chi connectivity index (χ0) is 16.0. The molecule has 0 aliphatic rings. The Kier molecular flexibility index (Phi) is 5.87. The van der Waals surface area contributed by atoms with Crippen LogP contribution in [0.5, 0.6) is 5.75 Å². The van der Waals surface area contributed by atoms with Gasteiger partial charge in [-0.15, -0.1) is 13.2 Å². The number of carbonyl (C=O) groups is 1. The van der Waals surface area contributed by atoms with E-state index in [4.69, 9.17) is 0 Å². The van der Waals surface area contributed by atoms with E-state index in [2.05, 4.69) is 15.4 Å². The van der Waals surface area contributed by atoms with E-state index in [9.17, 15) is 18.0 Å². The number of nitrogens with one attached hydrogen (secondary N) is 2. The molecule has 1 amide bonds. The molecule has 0 aromatic heterocycles. The van der Waals surface area contributed by atoms with E-state index in [1.165, 1.54) is 24.3 Å². The summed E-state index contributed by atoms with van der Waals surface area (Å²) in [7, 11) is 0. The minimum atomic E-state index is -4.71. The summed E-state index contributed by atoms with van der Waals surface area (Å²) >= 11 is 0. The van der Waals surface area contributed by atoms with Gasteiger partial charge in [-0.1, -0.05) is 6.92 Å². The fourth-order valence-corrected chi connectivity index (χ4v) is 1.54. The normalized spacial score (nSPS) is 14.2. The second kappa shape index (κ2) is 7.19. The monoisotopic (exact) mass is 304 g/mol. The summed E-state index contributed by atoms with van der Waals surface area (Å²) in [4.78, 5) is 11.8. The Morgan fingerprint density at radius 1 is 1.24 bits per heavy atom. The van der Waals surface area contributed by atoms with Gasteiger partial charge in [0.1, 0.15) is 11.8 Å². The van der Waals surface area contributed by atoms with Gasteiger partial charge in [-0.2, -0.15) is 0 Å². The first-order valence-electron chi connectivity index (χ1n) is 6.64. The number of hydrogen-bond acceptors (Lipinski definition) is 3. The van der Waals surface area contributed by atoms with Gasteiger partial charge in [0.15, 0.2) is 0 Å². The molecule has 2 atom stereocenters. The lowest BCUT2D eigenvalue weighted by Gasteiger charge is -2.18. The molecule has 21 heavy (non-hydrogen) atoms. The molecule has 0 heterocycles. The van der Waals surface area contributed by atoms with Gasteiger partial charge in [0.25, 0.3) is 0 Å². The quantitative estimate of drug-likeness (QED) is 0.848. The molecule has 0 saturated carbocycles. The molecule has 0 aliphatic carbocycles. The maximum atomic E-state index is 12.0. The smallest absolute Gasteiger partial charge is 0.406 e. The van der Waals surface area contributed by atoms with Crippen LogP contribution in [0.15, 0.2) is 24.3 Å². The number of halogens is 3. The Hall–Kier alpha value is -1.92. The number of ether oxygens (including phenoxy) is 1. The summed E-state index contributed by atoms with van der Waals surface area (Å²) in [6, 6.07) is 4.81. The number of benzene rings is 1. The first-order chi connectivity index (χ1) is 9.71. The van der Waals surface area contributed by atoms with Crippen molar-refractivity contribution in [1.29, 1.82) is 0 Å². The van der Waals surface area contributed by atoms with Crippen molar-refractivity contribution in [3.63, 3.8) is 0 Å². The third-order valence-corrected chi connectivity index (χ3v) is 2.87. The average molecular weight is 304 g/mol. The Morgan fingerprint density at radius 2 is 1.81 bits per heavy atom. The molecule has 0 fully saturated rings. The summed E-state index contributed by atoms with van der Waals surface area (Å²) in [5.41, 5.74) is 0.538. The van der Waals surface area contributed by atoms with Gasteiger partial charge in [0, 0.05) is 11.7 Å². The van der Waals surface area contributed by atoms with Crippen molar-refractivity contribution >= 4 is 11.6 Å². The lowest BCUT2D eigenvalue weighted by Crippen LogP contribution is -2.41. The van der Waals surface area contributed by atoms with Crippen LogP contribution in [0.4, 0.5) is 18.9 Å². The van der Waals surface area contributed by atoms with Crippen LogP contribution in [0.25, 0.3) is 0 Å². The highest BCUT2D eigenvalue weighted by Gasteiger charge is 2.30. The fraction of sp³-hybridized carbons (Fsp3) is 0.500. The lowest BCUT2D eigenvalue weighted by molar-refractivity contribution is -0.274. The second-order valence-corrected chi connectivity index (χ2v) is 4.76. The summed E-state index contributed by atoms with van der Waals surface area (Å²) in [5, 5.41) is 5.73. The Morgan fingerprint density at radius 3 is 2.29 bits per heavy atom. The van der Waals surface area contributed by atoms with Crippen LogP contribution in [0, 0.1) is 0 Å². The standard InChI is InChI=1S/C14H19F3N2O2/c1-4-9(2)18-13(20)10(3)19-11-5-7-12(8-6-11)21-14(15,16)17/h5-10,19H,4H2,1-3H3,(H,18,20). The van der Waals surface area contributed by atoms with Crippen LogP contribution in [0.3, 0.4) is 0 Å². The SMILES string of the molecule is CCC(C)NC(=O)C(C)Nc1ccc(OC(F)(F)F)cc1. The molecular formula is C14H19F3N2O2. The second-order valence-electron chi connectivity index (χ2n) is 4.76. The Bertz CT molecular complexity index is 460. The van der Waals surface area contributed by atoms with Gasteiger partial charge in [-0.05, 0) is 44.5 Å². The van der Waals surface area contributed by atoms with Crippen molar-refractivity contribution in [3.8, 4) is 5.75 Å². The van der Waals surface area contributed by atoms with E-state index in [0.717, 1.165) is 6.42 Å². The first kappa shape index (κ1) is 17.1. The molecule has 0 saturated heterocycles. The maximum absolute atomic E-state index is 12.0. The zero-order valence-corrected chi connectivity index (χ0v) is 12.1. The van der Waals surface area contributed by atoms with E-state index < -0.39 is 12.4 Å². The summed E-state index contributed by atoms with van der Waals surface area (Å²) in [6.45, 7) is 5.54. The topological polar surface area (TPSA) is 50.4 Å². The molecule has 0 spiro atoms. The van der Waals surface area contributed by atoms with Crippen LogP contribution in [-0.4, -0.2) is 24.4 Å². The summed E-state index contributed by atoms with van der Waals surface area (Å²) in [6.07, 6.45) is -3.89. The van der Waals surface area contributed by atoms with E-state index in [1.54, 1.807) is 6.92 Å².